The molecule has 1 aliphatic rings. The van der Waals surface area contributed by atoms with Crippen molar-refractivity contribution in [3.63, 3.8) is 0 Å². The predicted octanol–water partition coefficient (Wildman–Crippen LogP) is 3.80. The molecule has 3 rings (SSSR count). The second-order valence-corrected chi connectivity index (χ2v) is 6.02. The van der Waals surface area contributed by atoms with Crippen molar-refractivity contribution in [2.24, 2.45) is 0 Å². The number of benzene rings is 2. The van der Waals surface area contributed by atoms with E-state index in [-0.39, 0.29) is 11.6 Å². The van der Waals surface area contributed by atoms with Crippen molar-refractivity contribution in [1.82, 2.24) is 4.90 Å². The first-order chi connectivity index (χ1) is 12.2. The number of unbranched alkanes of at least 4 members (excludes halogenated alkanes) is 2. The summed E-state index contributed by atoms with van der Waals surface area (Å²) in [5.74, 6) is 0.407. The van der Waals surface area contributed by atoms with Crippen molar-refractivity contribution >= 4 is 11.6 Å². The van der Waals surface area contributed by atoms with Crippen molar-refractivity contribution in [2.45, 2.75) is 25.8 Å². The van der Waals surface area contributed by atoms with Gasteiger partial charge in [-0.2, -0.15) is 0 Å². The Balaban J connectivity index is 1.38. The van der Waals surface area contributed by atoms with Gasteiger partial charge in [-0.1, -0.05) is 30.3 Å². The van der Waals surface area contributed by atoms with Crippen molar-refractivity contribution in [1.29, 1.82) is 0 Å². The molecule has 0 aromatic heterocycles. The van der Waals surface area contributed by atoms with E-state index in [1.807, 2.05) is 29.2 Å². The van der Waals surface area contributed by atoms with Crippen LogP contribution in [0.15, 0.2) is 48.5 Å². The van der Waals surface area contributed by atoms with Crippen molar-refractivity contribution in [2.75, 3.05) is 13.2 Å². The fourth-order valence-corrected chi connectivity index (χ4v) is 2.99. The van der Waals surface area contributed by atoms with E-state index in [2.05, 4.69) is 0 Å². The van der Waals surface area contributed by atoms with E-state index in [1.165, 1.54) is 6.07 Å². The van der Waals surface area contributed by atoms with E-state index in [9.17, 15) is 14.9 Å². The lowest BCUT2D eigenvalue weighted by molar-refractivity contribution is -0.385. The first kappa shape index (κ1) is 17.0. The Bertz CT molecular complexity index is 776. The highest BCUT2D eigenvalue weighted by Gasteiger charge is 2.25. The molecular formula is C19H20N2O4. The number of hydrogen-bond donors (Lipinski definition) is 0. The van der Waals surface area contributed by atoms with E-state index in [1.54, 1.807) is 18.2 Å². The first-order valence-electron chi connectivity index (χ1n) is 8.40. The summed E-state index contributed by atoms with van der Waals surface area (Å²) in [6, 6.07) is 14.1. The van der Waals surface area contributed by atoms with E-state index in [0.29, 0.717) is 18.9 Å². The second-order valence-electron chi connectivity index (χ2n) is 6.02. The van der Waals surface area contributed by atoms with Gasteiger partial charge in [-0.3, -0.25) is 14.9 Å². The standard InChI is InChI=1S/C19H20N2O4/c22-19-16-9-3-2-8-15(16)14-20(19)12-6-1-7-13-25-18-11-5-4-10-17(18)21(23)24/h2-5,8-11H,1,6-7,12-14H2. The normalized spacial score (nSPS) is 13.0. The summed E-state index contributed by atoms with van der Waals surface area (Å²) < 4.78 is 5.52. The highest BCUT2D eigenvalue weighted by Crippen LogP contribution is 2.26. The summed E-state index contributed by atoms with van der Waals surface area (Å²) >= 11 is 0. The number of nitro benzene ring substituents is 1. The maximum atomic E-state index is 12.2. The fourth-order valence-electron chi connectivity index (χ4n) is 2.99. The molecule has 0 saturated heterocycles. The first-order valence-corrected chi connectivity index (χ1v) is 8.40. The number of hydrogen-bond acceptors (Lipinski definition) is 4. The minimum absolute atomic E-state index is 0.0112. The van der Waals surface area contributed by atoms with Gasteiger partial charge in [0.05, 0.1) is 11.5 Å². The molecule has 2 aromatic rings. The van der Waals surface area contributed by atoms with Gasteiger partial charge in [0.2, 0.25) is 0 Å². The molecule has 0 fully saturated rings. The van der Waals surface area contributed by atoms with Gasteiger partial charge in [-0.25, -0.2) is 0 Å². The average molecular weight is 340 g/mol. The maximum Gasteiger partial charge on any atom is 0.310 e. The van der Waals surface area contributed by atoms with Gasteiger partial charge in [0.15, 0.2) is 5.75 Å². The van der Waals surface area contributed by atoms with Crippen LogP contribution in [0.3, 0.4) is 0 Å². The number of carbonyl (C=O) groups is 1. The molecule has 0 spiro atoms. The molecule has 1 aliphatic heterocycles. The minimum Gasteiger partial charge on any atom is -0.487 e. The number of ether oxygens (including phenoxy) is 1. The summed E-state index contributed by atoms with van der Waals surface area (Å²) in [5, 5.41) is 10.9. The number of amides is 1. The molecule has 0 radical (unpaired) electrons. The third-order valence-electron chi connectivity index (χ3n) is 4.29. The molecule has 0 N–H and O–H groups in total. The summed E-state index contributed by atoms with van der Waals surface area (Å²) in [7, 11) is 0. The Hall–Kier alpha value is -2.89. The molecule has 0 atom stereocenters. The minimum atomic E-state index is -0.439. The summed E-state index contributed by atoms with van der Waals surface area (Å²) in [6.45, 7) is 1.83. The molecule has 2 aromatic carbocycles. The van der Waals surface area contributed by atoms with Crippen LogP contribution in [0, 0.1) is 10.1 Å². The third-order valence-corrected chi connectivity index (χ3v) is 4.29. The van der Waals surface area contributed by atoms with Crippen LogP contribution in [-0.4, -0.2) is 28.9 Å². The largest absolute Gasteiger partial charge is 0.487 e. The van der Waals surface area contributed by atoms with Gasteiger partial charge in [0, 0.05) is 24.7 Å². The maximum absolute atomic E-state index is 12.2. The van der Waals surface area contributed by atoms with Crippen LogP contribution in [0.5, 0.6) is 5.75 Å². The summed E-state index contributed by atoms with van der Waals surface area (Å²) in [6.07, 6.45) is 2.59. The predicted molar refractivity (Wildman–Crippen MR) is 93.6 cm³/mol. The number of nitrogens with zero attached hydrogens (tertiary/aromatic N) is 2. The lowest BCUT2D eigenvalue weighted by Crippen LogP contribution is -2.25. The highest BCUT2D eigenvalue weighted by atomic mass is 16.6. The second kappa shape index (κ2) is 7.79. The molecule has 6 heteroatoms. The molecule has 0 bridgehead atoms. The van der Waals surface area contributed by atoms with Gasteiger partial charge in [-0.05, 0) is 37.0 Å². The van der Waals surface area contributed by atoms with Crippen LogP contribution in [0.4, 0.5) is 5.69 Å². The number of carbonyl (C=O) groups excluding carboxylic acids is 1. The van der Waals surface area contributed by atoms with Crippen molar-refractivity contribution in [3.05, 3.63) is 69.8 Å². The average Bonchev–Trinajstić information content (AvgIpc) is 2.94. The number of nitro groups is 1. The van der Waals surface area contributed by atoms with Crippen LogP contribution in [0.2, 0.25) is 0 Å². The van der Waals surface area contributed by atoms with Crippen molar-refractivity contribution in [3.8, 4) is 5.75 Å². The Labute approximate surface area is 146 Å². The smallest absolute Gasteiger partial charge is 0.310 e. The van der Waals surface area contributed by atoms with Gasteiger partial charge in [0.25, 0.3) is 5.91 Å². The van der Waals surface area contributed by atoms with Gasteiger partial charge >= 0.3 is 5.69 Å². The molecule has 0 unspecified atom stereocenters. The van der Waals surface area contributed by atoms with Crippen LogP contribution >= 0.6 is 0 Å². The lowest BCUT2D eigenvalue weighted by atomic mass is 10.1. The Morgan fingerprint density at radius 1 is 1.04 bits per heavy atom. The van der Waals surface area contributed by atoms with Crippen LogP contribution in [-0.2, 0) is 6.54 Å². The molecule has 0 aliphatic carbocycles. The SMILES string of the molecule is O=C1c2ccccc2CN1CCCCCOc1ccccc1[N+](=O)[O-]. The quantitative estimate of drug-likeness (QED) is 0.416. The van der Waals surface area contributed by atoms with Gasteiger partial charge in [0.1, 0.15) is 0 Å². The number of fused-ring (bicyclic) bond motifs is 1. The zero-order chi connectivity index (χ0) is 17.6. The van der Waals surface area contributed by atoms with E-state index in [4.69, 9.17) is 4.74 Å². The molecule has 1 amide bonds. The lowest BCUT2D eigenvalue weighted by Gasteiger charge is -2.15. The molecular weight excluding hydrogens is 320 g/mol. The molecule has 6 nitrogen and oxygen atoms in total. The fraction of sp³-hybridized carbons (Fsp3) is 0.316. The molecule has 130 valence electrons. The van der Waals surface area contributed by atoms with Crippen LogP contribution < -0.4 is 4.74 Å². The molecule has 1 heterocycles. The zero-order valence-electron chi connectivity index (χ0n) is 13.9. The van der Waals surface area contributed by atoms with Crippen LogP contribution in [0.1, 0.15) is 35.2 Å². The monoisotopic (exact) mass is 340 g/mol. The number of para-hydroxylation sites is 2. The molecule has 25 heavy (non-hydrogen) atoms. The van der Waals surface area contributed by atoms with Gasteiger partial charge in [-0.15, -0.1) is 0 Å². The van der Waals surface area contributed by atoms with Gasteiger partial charge < -0.3 is 9.64 Å². The Morgan fingerprint density at radius 2 is 1.80 bits per heavy atom. The Morgan fingerprint density at radius 3 is 2.60 bits per heavy atom. The topological polar surface area (TPSA) is 72.7 Å². The third kappa shape index (κ3) is 3.96. The molecule has 0 saturated carbocycles. The van der Waals surface area contributed by atoms with Crippen LogP contribution in [0.25, 0.3) is 0 Å². The van der Waals surface area contributed by atoms with E-state index >= 15 is 0 Å². The van der Waals surface area contributed by atoms with E-state index < -0.39 is 4.92 Å². The summed E-state index contributed by atoms with van der Waals surface area (Å²) in [5.41, 5.74) is 1.89. The van der Waals surface area contributed by atoms with Crippen molar-refractivity contribution < 1.29 is 14.5 Å². The zero-order valence-corrected chi connectivity index (χ0v) is 13.9. The van der Waals surface area contributed by atoms with E-state index in [0.717, 1.165) is 36.9 Å². The summed E-state index contributed by atoms with van der Waals surface area (Å²) in [4.78, 5) is 24.6. The Kier molecular flexibility index (Phi) is 5.28. The highest BCUT2D eigenvalue weighted by molar-refractivity contribution is 5.98. The number of rotatable bonds is 8.